The van der Waals surface area contributed by atoms with Gasteiger partial charge in [0.25, 0.3) is 0 Å². The van der Waals surface area contributed by atoms with Crippen molar-refractivity contribution < 1.29 is 0 Å². The summed E-state index contributed by atoms with van der Waals surface area (Å²) in [4.78, 5) is 11.4. The Kier molecular flexibility index (Phi) is 3.06. The molecule has 0 fully saturated rings. The minimum absolute atomic E-state index is 0.829. The van der Waals surface area contributed by atoms with Crippen LogP contribution in [0.2, 0.25) is 0 Å². The number of fused-ring (bicyclic) bond motifs is 2. The molecule has 112 valence electrons. The van der Waals surface area contributed by atoms with Crippen LogP contribution in [0.1, 0.15) is 23.7 Å². The number of aromatic nitrogens is 4. The maximum atomic E-state index is 4.60. The standard InChI is InChI=1S/C17H19N5/c1-3-22-16-15(12(2)20-22)18-11-19-17(16)21-9-8-13-6-4-5-7-14(13)10-21/h4-7,11H,3,8-10H2,1-2H3. The first-order valence-corrected chi connectivity index (χ1v) is 7.77. The van der Waals surface area contributed by atoms with E-state index >= 15 is 0 Å². The second-order valence-electron chi connectivity index (χ2n) is 5.74. The Hall–Kier alpha value is -2.43. The molecule has 0 aliphatic carbocycles. The van der Waals surface area contributed by atoms with E-state index in [1.807, 2.05) is 11.6 Å². The van der Waals surface area contributed by atoms with Gasteiger partial charge in [-0.25, -0.2) is 9.97 Å². The lowest BCUT2D eigenvalue weighted by atomic mass is 10.00. The van der Waals surface area contributed by atoms with Crippen LogP contribution in [-0.2, 0) is 19.5 Å². The minimum Gasteiger partial charge on any atom is -0.350 e. The number of aryl methyl sites for hydroxylation is 2. The Bertz CT molecular complexity index is 836. The smallest absolute Gasteiger partial charge is 0.158 e. The van der Waals surface area contributed by atoms with E-state index in [4.69, 9.17) is 0 Å². The van der Waals surface area contributed by atoms with Gasteiger partial charge >= 0.3 is 0 Å². The highest BCUT2D eigenvalue weighted by Gasteiger charge is 2.22. The molecule has 1 aromatic carbocycles. The number of anilines is 1. The molecule has 22 heavy (non-hydrogen) atoms. The van der Waals surface area contributed by atoms with E-state index in [1.54, 1.807) is 6.33 Å². The van der Waals surface area contributed by atoms with E-state index < -0.39 is 0 Å². The summed E-state index contributed by atoms with van der Waals surface area (Å²) in [6, 6.07) is 8.66. The first-order valence-electron chi connectivity index (χ1n) is 7.77. The Morgan fingerprint density at radius 1 is 1.14 bits per heavy atom. The molecule has 0 atom stereocenters. The first-order chi connectivity index (χ1) is 10.8. The van der Waals surface area contributed by atoms with E-state index in [9.17, 15) is 0 Å². The van der Waals surface area contributed by atoms with E-state index in [1.165, 1.54) is 11.1 Å². The summed E-state index contributed by atoms with van der Waals surface area (Å²) in [5.74, 6) is 1.00. The number of nitrogens with zero attached hydrogens (tertiary/aromatic N) is 5. The third kappa shape index (κ3) is 1.96. The topological polar surface area (TPSA) is 46.8 Å². The predicted molar refractivity (Wildman–Crippen MR) is 86.9 cm³/mol. The van der Waals surface area contributed by atoms with E-state index in [2.05, 4.69) is 51.2 Å². The van der Waals surface area contributed by atoms with Crippen LogP contribution in [0.15, 0.2) is 30.6 Å². The van der Waals surface area contributed by atoms with Gasteiger partial charge in [0, 0.05) is 19.6 Å². The van der Waals surface area contributed by atoms with Crippen LogP contribution in [0.5, 0.6) is 0 Å². The van der Waals surface area contributed by atoms with Crippen LogP contribution in [0.25, 0.3) is 11.0 Å². The monoisotopic (exact) mass is 293 g/mol. The second kappa shape index (κ2) is 5.09. The molecular weight excluding hydrogens is 274 g/mol. The summed E-state index contributed by atoms with van der Waals surface area (Å²) < 4.78 is 2.01. The normalized spacial score (nSPS) is 14.4. The van der Waals surface area contributed by atoms with Crippen molar-refractivity contribution in [3.8, 4) is 0 Å². The molecule has 0 amide bonds. The second-order valence-corrected chi connectivity index (χ2v) is 5.74. The zero-order chi connectivity index (χ0) is 15.1. The summed E-state index contributed by atoms with van der Waals surface area (Å²) in [6.07, 6.45) is 2.72. The quantitative estimate of drug-likeness (QED) is 0.729. The fourth-order valence-electron chi connectivity index (χ4n) is 3.29. The van der Waals surface area contributed by atoms with Crippen molar-refractivity contribution in [3.63, 3.8) is 0 Å². The highest BCUT2D eigenvalue weighted by Crippen LogP contribution is 2.29. The maximum Gasteiger partial charge on any atom is 0.158 e. The van der Waals surface area contributed by atoms with Crippen molar-refractivity contribution in [3.05, 3.63) is 47.4 Å². The highest BCUT2D eigenvalue weighted by molar-refractivity contribution is 5.87. The molecule has 4 rings (SSSR count). The minimum atomic E-state index is 0.829. The summed E-state index contributed by atoms with van der Waals surface area (Å²) in [7, 11) is 0. The number of hydrogen-bond donors (Lipinski definition) is 0. The Labute approximate surface area is 129 Å². The van der Waals surface area contributed by atoms with Gasteiger partial charge in [0.2, 0.25) is 0 Å². The Balaban J connectivity index is 1.82. The van der Waals surface area contributed by atoms with Crippen LogP contribution in [-0.4, -0.2) is 26.3 Å². The van der Waals surface area contributed by atoms with Crippen molar-refractivity contribution in [2.75, 3.05) is 11.4 Å². The van der Waals surface area contributed by atoms with Crippen molar-refractivity contribution in [2.45, 2.75) is 33.4 Å². The molecule has 5 heteroatoms. The largest absolute Gasteiger partial charge is 0.350 e. The van der Waals surface area contributed by atoms with Crippen LogP contribution in [0.4, 0.5) is 5.82 Å². The molecule has 2 aromatic heterocycles. The fourth-order valence-corrected chi connectivity index (χ4v) is 3.29. The molecular formula is C17H19N5. The molecule has 1 aliphatic rings. The molecule has 0 N–H and O–H groups in total. The zero-order valence-corrected chi connectivity index (χ0v) is 13.0. The summed E-state index contributed by atoms with van der Waals surface area (Å²) in [6.45, 7) is 6.83. The van der Waals surface area contributed by atoms with Gasteiger partial charge in [0.1, 0.15) is 17.4 Å². The van der Waals surface area contributed by atoms with Gasteiger partial charge in [-0.05, 0) is 31.4 Å². The van der Waals surface area contributed by atoms with E-state index in [0.717, 1.165) is 48.6 Å². The van der Waals surface area contributed by atoms with Crippen LogP contribution in [0, 0.1) is 6.92 Å². The van der Waals surface area contributed by atoms with Gasteiger partial charge in [0.15, 0.2) is 5.82 Å². The van der Waals surface area contributed by atoms with Crippen LogP contribution < -0.4 is 4.90 Å². The van der Waals surface area contributed by atoms with Gasteiger partial charge in [-0.1, -0.05) is 24.3 Å². The number of hydrogen-bond acceptors (Lipinski definition) is 4. The highest BCUT2D eigenvalue weighted by atomic mass is 15.3. The predicted octanol–water partition coefficient (Wildman–Crippen LogP) is 2.72. The van der Waals surface area contributed by atoms with Crippen molar-refractivity contribution in [2.24, 2.45) is 0 Å². The molecule has 0 unspecified atom stereocenters. The summed E-state index contributed by atoms with van der Waals surface area (Å²) in [5.41, 5.74) is 5.83. The van der Waals surface area contributed by atoms with Gasteiger partial charge in [-0.2, -0.15) is 5.10 Å². The molecule has 5 nitrogen and oxygen atoms in total. The van der Waals surface area contributed by atoms with Gasteiger partial charge in [-0.3, -0.25) is 4.68 Å². The van der Waals surface area contributed by atoms with Crippen LogP contribution in [0.3, 0.4) is 0 Å². The Morgan fingerprint density at radius 2 is 1.95 bits per heavy atom. The lowest BCUT2D eigenvalue weighted by molar-refractivity contribution is 0.667. The lowest BCUT2D eigenvalue weighted by Gasteiger charge is -2.30. The molecule has 3 heterocycles. The molecule has 0 saturated carbocycles. The van der Waals surface area contributed by atoms with Crippen molar-refractivity contribution in [1.29, 1.82) is 0 Å². The van der Waals surface area contributed by atoms with Crippen LogP contribution >= 0.6 is 0 Å². The van der Waals surface area contributed by atoms with E-state index in [-0.39, 0.29) is 0 Å². The first kappa shape index (κ1) is 13.2. The van der Waals surface area contributed by atoms with Crippen molar-refractivity contribution >= 4 is 16.9 Å². The summed E-state index contributed by atoms with van der Waals surface area (Å²) >= 11 is 0. The molecule has 0 bridgehead atoms. The molecule has 0 saturated heterocycles. The summed E-state index contributed by atoms with van der Waals surface area (Å²) in [5, 5.41) is 4.60. The number of benzene rings is 1. The maximum absolute atomic E-state index is 4.60. The van der Waals surface area contributed by atoms with E-state index in [0.29, 0.717) is 0 Å². The van der Waals surface area contributed by atoms with Gasteiger partial charge in [-0.15, -0.1) is 0 Å². The fraction of sp³-hybridized carbons (Fsp3) is 0.353. The molecule has 3 aromatic rings. The average molecular weight is 293 g/mol. The van der Waals surface area contributed by atoms with Crippen molar-refractivity contribution in [1.82, 2.24) is 19.7 Å². The molecule has 0 spiro atoms. The van der Waals surface area contributed by atoms with Gasteiger partial charge < -0.3 is 4.90 Å². The third-order valence-electron chi connectivity index (χ3n) is 4.40. The third-order valence-corrected chi connectivity index (χ3v) is 4.40. The lowest BCUT2D eigenvalue weighted by Crippen LogP contribution is -2.31. The number of rotatable bonds is 2. The SMILES string of the molecule is CCn1nc(C)c2ncnc(N3CCc4ccccc4C3)c21. The average Bonchev–Trinajstić information content (AvgIpc) is 2.91. The molecule has 1 aliphatic heterocycles. The zero-order valence-electron chi connectivity index (χ0n) is 13.0. The Morgan fingerprint density at radius 3 is 2.77 bits per heavy atom. The molecule has 0 radical (unpaired) electrons. The van der Waals surface area contributed by atoms with Gasteiger partial charge in [0.05, 0.1) is 5.69 Å².